The lowest BCUT2D eigenvalue weighted by Crippen LogP contribution is -2.43. The van der Waals surface area contributed by atoms with Crippen LogP contribution in [0.5, 0.6) is 5.75 Å². The number of rotatable bonds is 5. The predicted molar refractivity (Wildman–Crippen MR) is 77.2 cm³/mol. The van der Waals surface area contributed by atoms with Crippen molar-refractivity contribution in [3.8, 4) is 5.75 Å². The van der Waals surface area contributed by atoms with Crippen molar-refractivity contribution < 1.29 is 18.3 Å². The number of halogens is 2. The Bertz CT molecular complexity index is 689. The van der Waals surface area contributed by atoms with Crippen molar-refractivity contribution in [2.75, 3.05) is 5.32 Å². The summed E-state index contributed by atoms with van der Waals surface area (Å²) in [6.45, 7) is 0. The smallest absolute Gasteiger partial charge is 0.255 e. The summed E-state index contributed by atoms with van der Waals surface area (Å²) in [7, 11) is 0. The molecule has 1 aliphatic carbocycles. The lowest BCUT2D eigenvalue weighted by molar-refractivity contribution is -0.134. The van der Waals surface area contributed by atoms with Gasteiger partial charge in [-0.15, -0.1) is 5.10 Å². The van der Waals surface area contributed by atoms with E-state index in [0.29, 0.717) is 17.3 Å². The van der Waals surface area contributed by atoms with Crippen molar-refractivity contribution in [2.24, 2.45) is 0 Å². The summed E-state index contributed by atoms with van der Waals surface area (Å²) in [5.74, 6) is -2.15. The van der Waals surface area contributed by atoms with Gasteiger partial charge in [-0.3, -0.25) is 9.78 Å². The molecule has 1 aliphatic rings. The summed E-state index contributed by atoms with van der Waals surface area (Å²) in [6, 6.07) is 6.44. The Balaban J connectivity index is 1.56. The molecule has 0 radical (unpaired) electrons. The van der Waals surface area contributed by atoms with Crippen molar-refractivity contribution in [1.29, 1.82) is 0 Å². The van der Waals surface area contributed by atoms with Crippen LogP contribution in [0.2, 0.25) is 0 Å². The molecule has 0 spiro atoms. The molecule has 0 aliphatic heterocycles. The highest BCUT2D eigenvalue weighted by molar-refractivity contribution is 5.91. The number of hydrogen-bond donors (Lipinski definition) is 1. The summed E-state index contributed by atoms with van der Waals surface area (Å²) in [6.07, 6.45) is 1.96. The Labute approximate surface area is 130 Å². The molecule has 2 aromatic rings. The summed E-state index contributed by atoms with van der Waals surface area (Å²) in [5.41, 5.74) is 0.481. The van der Waals surface area contributed by atoms with E-state index in [-0.39, 0.29) is 25.2 Å². The second kappa shape index (κ2) is 6.23. The Morgan fingerprint density at radius 3 is 2.87 bits per heavy atom. The van der Waals surface area contributed by atoms with Gasteiger partial charge in [0.25, 0.3) is 5.92 Å². The third-order valence-corrected chi connectivity index (χ3v) is 3.32. The van der Waals surface area contributed by atoms with Gasteiger partial charge in [0.1, 0.15) is 11.9 Å². The van der Waals surface area contributed by atoms with Gasteiger partial charge in [-0.2, -0.15) is 5.10 Å². The molecule has 3 rings (SSSR count). The standard InChI is InChI=1S/C15H14F2N4O2/c16-15(17)8-12(9-15)23-11-3-5-18-10(6-11)7-14(22)20-13-2-1-4-19-21-13/h1-6,12H,7-9H2,(H,20,21,22). The summed E-state index contributed by atoms with van der Waals surface area (Å²) >= 11 is 0. The molecule has 6 nitrogen and oxygen atoms in total. The van der Waals surface area contributed by atoms with E-state index in [1.807, 2.05) is 0 Å². The van der Waals surface area contributed by atoms with E-state index in [4.69, 9.17) is 4.74 Å². The van der Waals surface area contributed by atoms with Gasteiger partial charge in [0.05, 0.1) is 12.1 Å². The van der Waals surface area contributed by atoms with Crippen LogP contribution in [0.4, 0.5) is 14.6 Å². The molecule has 1 fully saturated rings. The van der Waals surface area contributed by atoms with E-state index in [0.717, 1.165) is 0 Å². The normalized spacial score (nSPS) is 16.4. The zero-order valence-electron chi connectivity index (χ0n) is 12.1. The predicted octanol–water partition coefficient (Wildman–Crippen LogP) is 2.23. The maximum atomic E-state index is 12.8. The Hall–Kier alpha value is -2.64. The lowest BCUT2D eigenvalue weighted by Gasteiger charge is -2.34. The number of nitrogens with one attached hydrogen (secondary N) is 1. The van der Waals surface area contributed by atoms with Crippen LogP contribution in [0.1, 0.15) is 18.5 Å². The fourth-order valence-electron chi connectivity index (χ4n) is 2.23. The first-order valence-electron chi connectivity index (χ1n) is 7.07. The molecule has 0 unspecified atom stereocenters. The maximum Gasteiger partial charge on any atom is 0.255 e. The van der Waals surface area contributed by atoms with Gasteiger partial charge in [0, 0.05) is 31.3 Å². The number of nitrogens with zero attached hydrogens (tertiary/aromatic N) is 3. The second-order valence-corrected chi connectivity index (χ2v) is 5.32. The minimum Gasteiger partial charge on any atom is -0.490 e. The SMILES string of the molecule is O=C(Cc1cc(OC2CC(F)(F)C2)ccn1)Nc1cccnn1. The van der Waals surface area contributed by atoms with E-state index >= 15 is 0 Å². The van der Waals surface area contributed by atoms with Gasteiger partial charge in [0.2, 0.25) is 5.91 Å². The monoisotopic (exact) mass is 320 g/mol. The quantitative estimate of drug-likeness (QED) is 0.914. The highest BCUT2D eigenvalue weighted by atomic mass is 19.3. The van der Waals surface area contributed by atoms with Crippen LogP contribution in [0, 0.1) is 0 Å². The molecule has 1 amide bonds. The van der Waals surface area contributed by atoms with Crippen molar-refractivity contribution >= 4 is 11.7 Å². The number of alkyl halides is 2. The number of anilines is 1. The van der Waals surface area contributed by atoms with E-state index in [1.165, 1.54) is 12.4 Å². The van der Waals surface area contributed by atoms with Crippen molar-refractivity contribution in [1.82, 2.24) is 15.2 Å². The number of ether oxygens (including phenoxy) is 1. The highest BCUT2D eigenvalue weighted by Crippen LogP contribution is 2.39. The minimum atomic E-state index is -2.63. The second-order valence-electron chi connectivity index (χ2n) is 5.32. The highest BCUT2D eigenvalue weighted by Gasteiger charge is 2.46. The third kappa shape index (κ3) is 4.18. The van der Waals surface area contributed by atoms with Crippen LogP contribution >= 0.6 is 0 Å². The first-order chi connectivity index (χ1) is 11.0. The summed E-state index contributed by atoms with van der Waals surface area (Å²) in [4.78, 5) is 16.0. The molecular weight excluding hydrogens is 306 g/mol. The van der Waals surface area contributed by atoms with Crippen LogP contribution in [0.15, 0.2) is 36.7 Å². The van der Waals surface area contributed by atoms with Crippen molar-refractivity contribution in [3.63, 3.8) is 0 Å². The van der Waals surface area contributed by atoms with E-state index in [1.54, 1.807) is 24.3 Å². The van der Waals surface area contributed by atoms with Gasteiger partial charge >= 0.3 is 0 Å². The molecule has 0 atom stereocenters. The van der Waals surface area contributed by atoms with Gasteiger partial charge < -0.3 is 10.1 Å². The number of amides is 1. The van der Waals surface area contributed by atoms with Gasteiger partial charge in [-0.1, -0.05) is 0 Å². The number of carbonyl (C=O) groups excluding carboxylic acids is 1. The average molecular weight is 320 g/mol. The number of pyridine rings is 1. The van der Waals surface area contributed by atoms with Crippen LogP contribution < -0.4 is 10.1 Å². The van der Waals surface area contributed by atoms with Gasteiger partial charge in [0.15, 0.2) is 5.82 Å². The zero-order valence-corrected chi connectivity index (χ0v) is 12.1. The van der Waals surface area contributed by atoms with Gasteiger partial charge in [-0.25, -0.2) is 8.78 Å². The fraction of sp³-hybridized carbons (Fsp3) is 0.333. The third-order valence-electron chi connectivity index (χ3n) is 3.32. The van der Waals surface area contributed by atoms with E-state index in [9.17, 15) is 13.6 Å². The van der Waals surface area contributed by atoms with Crippen LogP contribution in [-0.2, 0) is 11.2 Å². The average Bonchev–Trinajstić information content (AvgIpc) is 2.46. The van der Waals surface area contributed by atoms with E-state index in [2.05, 4.69) is 20.5 Å². The number of carbonyl (C=O) groups is 1. The Morgan fingerprint density at radius 1 is 1.35 bits per heavy atom. The lowest BCUT2D eigenvalue weighted by atomic mass is 9.91. The van der Waals surface area contributed by atoms with Gasteiger partial charge in [-0.05, 0) is 18.2 Å². The molecule has 8 heteroatoms. The molecule has 0 aromatic carbocycles. The fourth-order valence-corrected chi connectivity index (χ4v) is 2.23. The Kier molecular flexibility index (Phi) is 4.14. The largest absolute Gasteiger partial charge is 0.490 e. The van der Waals surface area contributed by atoms with Crippen LogP contribution in [0.3, 0.4) is 0 Å². The van der Waals surface area contributed by atoms with Crippen molar-refractivity contribution in [2.45, 2.75) is 31.3 Å². The molecule has 2 heterocycles. The molecule has 120 valence electrons. The maximum absolute atomic E-state index is 12.8. The first kappa shape index (κ1) is 15.3. The minimum absolute atomic E-state index is 0.0224. The molecule has 0 bridgehead atoms. The molecule has 1 saturated carbocycles. The molecule has 23 heavy (non-hydrogen) atoms. The summed E-state index contributed by atoms with van der Waals surface area (Å²) in [5, 5.41) is 10.0. The topological polar surface area (TPSA) is 77.0 Å². The number of hydrogen-bond acceptors (Lipinski definition) is 5. The molecular formula is C15H14F2N4O2. The van der Waals surface area contributed by atoms with Crippen LogP contribution in [-0.4, -0.2) is 33.1 Å². The molecule has 2 aromatic heterocycles. The molecule has 0 saturated heterocycles. The number of aromatic nitrogens is 3. The Morgan fingerprint density at radius 2 is 2.17 bits per heavy atom. The van der Waals surface area contributed by atoms with Crippen molar-refractivity contribution in [3.05, 3.63) is 42.4 Å². The first-order valence-corrected chi connectivity index (χ1v) is 7.07. The zero-order chi connectivity index (χ0) is 16.3. The molecule has 1 N–H and O–H groups in total. The summed E-state index contributed by atoms with van der Waals surface area (Å²) < 4.78 is 31.0. The van der Waals surface area contributed by atoms with E-state index < -0.39 is 12.0 Å². The van der Waals surface area contributed by atoms with Crippen LogP contribution in [0.25, 0.3) is 0 Å².